The van der Waals surface area contributed by atoms with Gasteiger partial charge in [-0.25, -0.2) is 9.37 Å². The maximum atomic E-state index is 13.5. The number of nitrogens with zero attached hydrogens (tertiary/aromatic N) is 3. The minimum absolute atomic E-state index is 0.311. The van der Waals surface area contributed by atoms with Crippen LogP contribution in [0.5, 0.6) is 11.5 Å². The number of hydrogen-bond acceptors (Lipinski definition) is 6. The van der Waals surface area contributed by atoms with E-state index >= 15 is 0 Å². The quantitative estimate of drug-likeness (QED) is 0.569. The standard InChI is InChI=1S/C19H15FN4O2/c1-25-17-5-13-12-4-15(10-3-11(20)8-22-7-10)24-19(21)14(12)9-23-16(13)6-18(17)26-2/h3-9H,1-2H3,(H2,21,24). The summed E-state index contributed by atoms with van der Waals surface area (Å²) in [6.45, 7) is 0. The van der Waals surface area contributed by atoms with Gasteiger partial charge in [-0.3, -0.25) is 9.97 Å². The van der Waals surface area contributed by atoms with E-state index in [1.54, 1.807) is 32.7 Å². The Labute approximate surface area is 148 Å². The molecule has 0 aliphatic carbocycles. The Balaban J connectivity index is 2.05. The van der Waals surface area contributed by atoms with E-state index < -0.39 is 5.82 Å². The van der Waals surface area contributed by atoms with E-state index in [0.29, 0.717) is 34.0 Å². The molecule has 1 aromatic carbocycles. The maximum Gasteiger partial charge on any atom is 0.162 e. The van der Waals surface area contributed by atoms with Gasteiger partial charge in [-0.05, 0) is 23.6 Å². The summed E-state index contributed by atoms with van der Waals surface area (Å²) in [6, 6.07) is 6.86. The van der Waals surface area contributed by atoms with Crippen molar-refractivity contribution in [3.8, 4) is 22.8 Å². The number of fused-ring (bicyclic) bond motifs is 3. The number of rotatable bonds is 3. The van der Waals surface area contributed by atoms with E-state index in [4.69, 9.17) is 15.2 Å². The number of nitrogen functional groups attached to an aromatic ring is 1. The first kappa shape index (κ1) is 16.0. The van der Waals surface area contributed by atoms with Gasteiger partial charge in [0, 0.05) is 34.8 Å². The van der Waals surface area contributed by atoms with E-state index in [2.05, 4.69) is 15.0 Å². The predicted octanol–water partition coefficient (Wildman–Crippen LogP) is 3.58. The lowest BCUT2D eigenvalue weighted by Gasteiger charge is -2.12. The second-order valence-corrected chi connectivity index (χ2v) is 5.73. The zero-order valence-electron chi connectivity index (χ0n) is 14.2. The van der Waals surface area contributed by atoms with Crippen LogP contribution < -0.4 is 15.2 Å². The molecule has 6 nitrogen and oxygen atoms in total. The second-order valence-electron chi connectivity index (χ2n) is 5.73. The van der Waals surface area contributed by atoms with Crippen molar-refractivity contribution < 1.29 is 13.9 Å². The highest BCUT2D eigenvalue weighted by Gasteiger charge is 2.13. The first-order valence-electron chi connectivity index (χ1n) is 7.82. The maximum absolute atomic E-state index is 13.5. The summed E-state index contributed by atoms with van der Waals surface area (Å²) in [6.07, 6.45) is 4.35. The third-order valence-electron chi connectivity index (χ3n) is 4.21. The lowest BCUT2D eigenvalue weighted by Crippen LogP contribution is -1.97. The molecule has 0 saturated carbocycles. The largest absolute Gasteiger partial charge is 0.493 e. The lowest BCUT2D eigenvalue weighted by atomic mass is 10.0. The first-order valence-corrected chi connectivity index (χ1v) is 7.82. The summed E-state index contributed by atoms with van der Waals surface area (Å²) in [4.78, 5) is 12.7. The molecule has 0 fully saturated rings. The summed E-state index contributed by atoms with van der Waals surface area (Å²) in [5, 5.41) is 2.38. The fourth-order valence-corrected chi connectivity index (χ4v) is 2.96. The van der Waals surface area contributed by atoms with Crippen molar-refractivity contribution in [3.05, 3.63) is 48.7 Å². The average molecular weight is 350 g/mol. The number of halogens is 1. The number of pyridine rings is 3. The summed E-state index contributed by atoms with van der Waals surface area (Å²) >= 11 is 0. The fourth-order valence-electron chi connectivity index (χ4n) is 2.96. The van der Waals surface area contributed by atoms with Gasteiger partial charge in [0.25, 0.3) is 0 Å². The molecule has 4 aromatic rings. The molecule has 0 saturated heterocycles. The number of ether oxygens (including phenoxy) is 2. The van der Waals surface area contributed by atoms with Crippen LogP contribution in [0.4, 0.5) is 10.2 Å². The summed E-state index contributed by atoms with van der Waals surface area (Å²) in [5.41, 5.74) is 7.93. The highest BCUT2D eigenvalue weighted by molar-refractivity contribution is 6.10. The topological polar surface area (TPSA) is 83.2 Å². The minimum atomic E-state index is -0.436. The molecule has 3 aromatic heterocycles. The number of methoxy groups -OCH3 is 2. The van der Waals surface area contributed by atoms with Crippen molar-refractivity contribution in [1.82, 2.24) is 15.0 Å². The van der Waals surface area contributed by atoms with Crippen LogP contribution in [-0.2, 0) is 0 Å². The highest BCUT2D eigenvalue weighted by Crippen LogP contribution is 2.36. The smallest absolute Gasteiger partial charge is 0.162 e. The molecule has 4 rings (SSSR count). The molecule has 26 heavy (non-hydrogen) atoms. The molecule has 0 amide bonds. The monoisotopic (exact) mass is 350 g/mol. The molecule has 0 aliphatic rings. The molecule has 0 unspecified atom stereocenters. The van der Waals surface area contributed by atoms with Gasteiger partial charge >= 0.3 is 0 Å². The number of nitrogens with two attached hydrogens (primary N) is 1. The van der Waals surface area contributed by atoms with Gasteiger partial charge in [0.2, 0.25) is 0 Å². The molecule has 130 valence electrons. The summed E-state index contributed by atoms with van der Waals surface area (Å²) in [5.74, 6) is 1.04. The lowest BCUT2D eigenvalue weighted by molar-refractivity contribution is 0.356. The van der Waals surface area contributed by atoms with Gasteiger partial charge in [-0.2, -0.15) is 0 Å². The molecule has 2 N–H and O–H groups in total. The molecule has 0 radical (unpaired) electrons. The van der Waals surface area contributed by atoms with Crippen molar-refractivity contribution in [3.63, 3.8) is 0 Å². The predicted molar refractivity (Wildman–Crippen MR) is 97.7 cm³/mol. The van der Waals surface area contributed by atoms with Gasteiger partial charge in [0.1, 0.15) is 11.6 Å². The van der Waals surface area contributed by atoms with Crippen LogP contribution in [0.2, 0.25) is 0 Å². The Morgan fingerprint density at radius 2 is 1.65 bits per heavy atom. The second kappa shape index (κ2) is 6.11. The van der Waals surface area contributed by atoms with Gasteiger partial charge in [0.05, 0.1) is 31.6 Å². The van der Waals surface area contributed by atoms with Crippen molar-refractivity contribution in [2.75, 3.05) is 20.0 Å². The minimum Gasteiger partial charge on any atom is -0.493 e. The molecular weight excluding hydrogens is 335 g/mol. The Kier molecular flexibility index (Phi) is 3.76. The van der Waals surface area contributed by atoms with Crippen LogP contribution in [0.1, 0.15) is 0 Å². The molecule has 0 spiro atoms. The first-order chi connectivity index (χ1) is 12.6. The Bertz CT molecular complexity index is 1150. The number of aromatic nitrogens is 3. The van der Waals surface area contributed by atoms with E-state index in [1.807, 2.05) is 12.1 Å². The summed E-state index contributed by atoms with van der Waals surface area (Å²) in [7, 11) is 3.14. The van der Waals surface area contributed by atoms with Crippen LogP contribution in [0, 0.1) is 5.82 Å². The zero-order chi connectivity index (χ0) is 18.3. The Morgan fingerprint density at radius 3 is 2.38 bits per heavy atom. The van der Waals surface area contributed by atoms with Gasteiger partial charge in [-0.15, -0.1) is 0 Å². The van der Waals surface area contributed by atoms with Crippen molar-refractivity contribution in [1.29, 1.82) is 0 Å². The fraction of sp³-hybridized carbons (Fsp3) is 0.105. The van der Waals surface area contributed by atoms with Crippen LogP contribution >= 0.6 is 0 Å². The van der Waals surface area contributed by atoms with Crippen molar-refractivity contribution in [2.45, 2.75) is 0 Å². The number of anilines is 1. The SMILES string of the molecule is COc1cc2ncc3c(N)nc(-c4cncc(F)c4)cc3c2cc1OC. The van der Waals surface area contributed by atoms with Gasteiger partial charge < -0.3 is 15.2 Å². The molecule has 3 heterocycles. The van der Waals surface area contributed by atoms with E-state index in [9.17, 15) is 4.39 Å². The third kappa shape index (κ3) is 2.54. The van der Waals surface area contributed by atoms with Crippen molar-refractivity contribution in [2.24, 2.45) is 0 Å². The van der Waals surface area contributed by atoms with Crippen LogP contribution in [-0.4, -0.2) is 29.2 Å². The van der Waals surface area contributed by atoms with Gasteiger partial charge in [0.15, 0.2) is 11.5 Å². The third-order valence-corrected chi connectivity index (χ3v) is 4.21. The van der Waals surface area contributed by atoms with E-state index in [-0.39, 0.29) is 0 Å². The number of benzene rings is 1. The zero-order valence-corrected chi connectivity index (χ0v) is 14.2. The molecular formula is C19H15FN4O2. The number of hydrogen-bond donors (Lipinski definition) is 1. The van der Waals surface area contributed by atoms with Gasteiger partial charge in [-0.1, -0.05) is 0 Å². The molecule has 7 heteroatoms. The van der Waals surface area contributed by atoms with Crippen LogP contribution in [0.25, 0.3) is 32.9 Å². The van der Waals surface area contributed by atoms with Crippen molar-refractivity contribution >= 4 is 27.5 Å². The van der Waals surface area contributed by atoms with Crippen LogP contribution in [0.3, 0.4) is 0 Å². The molecule has 0 atom stereocenters. The van der Waals surface area contributed by atoms with E-state index in [1.165, 1.54) is 6.07 Å². The highest BCUT2D eigenvalue weighted by atomic mass is 19.1. The average Bonchev–Trinajstić information content (AvgIpc) is 2.66. The summed E-state index contributed by atoms with van der Waals surface area (Å²) < 4.78 is 24.3. The Morgan fingerprint density at radius 1 is 0.885 bits per heavy atom. The molecule has 0 bridgehead atoms. The van der Waals surface area contributed by atoms with E-state index in [0.717, 1.165) is 22.5 Å². The van der Waals surface area contributed by atoms with Crippen LogP contribution in [0.15, 0.2) is 42.9 Å². The normalized spacial score (nSPS) is 11.0. The Hall–Kier alpha value is -3.48. The molecule has 0 aliphatic heterocycles.